The molecule has 0 fully saturated rings. The first-order valence-electron chi connectivity index (χ1n) is 6.32. The minimum absolute atomic E-state index is 0.193. The summed E-state index contributed by atoms with van der Waals surface area (Å²) in [5, 5.41) is 3.14. The summed E-state index contributed by atoms with van der Waals surface area (Å²) < 4.78 is 5.49. The summed E-state index contributed by atoms with van der Waals surface area (Å²) in [6.07, 6.45) is 0.973. The predicted octanol–water partition coefficient (Wildman–Crippen LogP) is 2.00. The molecule has 4 heteroatoms. The maximum Gasteiger partial charge on any atom is 0.239 e. The Morgan fingerprint density at radius 1 is 1.33 bits per heavy atom. The Morgan fingerprint density at radius 3 is 2.39 bits per heavy atom. The van der Waals surface area contributed by atoms with Crippen molar-refractivity contribution in [2.24, 2.45) is 5.73 Å². The lowest BCUT2D eigenvalue weighted by molar-refractivity contribution is -0.120. The zero-order chi connectivity index (χ0) is 13.5. The Bertz CT molecular complexity index is 374. The van der Waals surface area contributed by atoms with E-state index in [1.165, 1.54) is 0 Å². The van der Waals surface area contributed by atoms with E-state index in [1.807, 2.05) is 38.1 Å². The van der Waals surface area contributed by atoms with Crippen molar-refractivity contribution in [3.8, 4) is 5.75 Å². The SMILES string of the molecule is CCCOc1ccc(C(NC(C)C)C(N)=O)cc1. The van der Waals surface area contributed by atoms with Crippen LogP contribution in [0.4, 0.5) is 0 Å². The fourth-order valence-electron chi connectivity index (χ4n) is 1.65. The van der Waals surface area contributed by atoms with Crippen LogP contribution in [0.2, 0.25) is 0 Å². The molecule has 0 saturated carbocycles. The van der Waals surface area contributed by atoms with Gasteiger partial charge in [0, 0.05) is 6.04 Å². The number of nitrogens with one attached hydrogen (secondary N) is 1. The van der Waals surface area contributed by atoms with Gasteiger partial charge in [-0.15, -0.1) is 0 Å². The predicted molar refractivity (Wildman–Crippen MR) is 72.4 cm³/mol. The van der Waals surface area contributed by atoms with Gasteiger partial charge in [-0.1, -0.05) is 19.1 Å². The normalized spacial score (nSPS) is 12.4. The number of ether oxygens (including phenoxy) is 1. The number of carbonyl (C=O) groups excluding carboxylic acids is 1. The molecule has 100 valence electrons. The molecule has 1 atom stereocenters. The highest BCUT2D eigenvalue weighted by molar-refractivity contribution is 5.81. The second kappa shape index (κ2) is 7.01. The third-order valence-electron chi connectivity index (χ3n) is 2.47. The maximum atomic E-state index is 11.4. The Hall–Kier alpha value is -1.55. The van der Waals surface area contributed by atoms with Gasteiger partial charge in [-0.05, 0) is 38.0 Å². The van der Waals surface area contributed by atoms with Crippen molar-refractivity contribution in [1.29, 1.82) is 0 Å². The van der Waals surface area contributed by atoms with Gasteiger partial charge in [0.15, 0.2) is 0 Å². The molecule has 1 aromatic carbocycles. The summed E-state index contributed by atoms with van der Waals surface area (Å²) in [6, 6.07) is 7.21. The molecule has 1 amide bonds. The summed E-state index contributed by atoms with van der Waals surface area (Å²) in [5.74, 6) is 0.444. The Morgan fingerprint density at radius 2 is 1.94 bits per heavy atom. The van der Waals surface area contributed by atoms with Crippen LogP contribution in [0.15, 0.2) is 24.3 Å². The number of benzene rings is 1. The van der Waals surface area contributed by atoms with E-state index in [4.69, 9.17) is 10.5 Å². The van der Waals surface area contributed by atoms with E-state index >= 15 is 0 Å². The molecular formula is C14H22N2O2. The molecule has 0 aliphatic carbocycles. The molecule has 0 bridgehead atoms. The van der Waals surface area contributed by atoms with Crippen molar-refractivity contribution in [3.05, 3.63) is 29.8 Å². The third-order valence-corrected chi connectivity index (χ3v) is 2.47. The molecule has 1 unspecified atom stereocenters. The lowest BCUT2D eigenvalue weighted by Crippen LogP contribution is -2.37. The van der Waals surface area contributed by atoms with Gasteiger partial charge < -0.3 is 10.5 Å². The average Bonchev–Trinajstić information content (AvgIpc) is 2.34. The van der Waals surface area contributed by atoms with Crippen LogP contribution in [-0.2, 0) is 4.79 Å². The van der Waals surface area contributed by atoms with E-state index in [0.717, 1.165) is 17.7 Å². The van der Waals surface area contributed by atoms with Crippen LogP contribution in [-0.4, -0.2) is 18.6 Å². The van der Waals surface area contributed by atoms with E-state index in [2.05, 4.69) is 12.2 Å². The zero-order valence-electron chi connectivity index (χ0n) is 11.3. The monoisotopic (exact) mass is 250 g/mol. The van der Waals surface area contributed by atoms with Crippen LogP contribution in [0, 0.1) is 0 Å². The minimum atomic E-state index is -0.453. The Labute approximate surface area is 109 Å². The van der Waals surface area contributed by atoms with E-state index < -0.39 is 6.04 Å². The van der Waals surface area contributed by atoms with Crippen molar-refractivity contribution in [2.45, 2.75) is 39.3 Å². The highest BCUT2D eigenvalue weighted by atomic mass is 16.5. The standard InChI is InChI=1S/C14H22N2O2/c1-4-9-18-12-7-5-11(6-8-12)13(14(15)17)16-10(2)3/h5-8,10,13,16H,4,9H2,1-3H3,(H2,15,17). The van der Waals surface area contributed by atoms with Crippen molar-refractivity contribution in [3.63, 3.8) is 0 Å². The number of rotatable bonds is 7. The molecule has 3 N–H and O–H groups in total. The topological polar surface area (TPSA) is 64.3 Å². The minimum Gasteiger partial charge on any atom is -0.494 e. The summed E-state index contributed by atoms with van der Waals surface area (Å²) >= 11 is 0. The van der Waals surface area contributed by atoms with Crippen LogP contribution in [0.25, 0.3) is 0 Å². The van der Waals surface area contributed by atoms with E-state index in [-0.39, 0.29) is 11.9 Å². The number of nitrogens with two attached hydrogens (primary N) is 1. The quantitative estimate of drug-likeness (QED) is 0.778. The Balaban J connectivity index is 2.77. The maximum absolute atomic E-state index is 11.4. The largest absolute Gasteiger partial charge is 0.494 e. The van der Waals surface area contributed by atoms with Crippen LogP contribution in [0.3, 0.4) is 0 Å². The van der Waals surface area contributed by atoms with Crippen LogP contribution in [0.5, 0.6) is 5.75 Å². The number of hydrogen-bond acceptors (Lipinski definition) is 3. The molecule has 0 saturated heterocycles. The van der Waals surface area contributed by atoms with E-state index in [9.17, 15) is 4.79 Å². The molecule has 18 heavy (non-hydrogen) atoms. The number of hydrogen-bond donors (Lipinski definition) is 2. The molecule has 1 aromatic rings. The number of amides is 1. The summed E-state index contributed by atoms with van der Waals surface area (Å²) in [7, 11) is 0. The van der Waals surface area contributed by atoms with Gasteiger partial charge in [0.25, 0.3) is 0 Å². The van der Waals surface area contributed by atoms with Crippen molar-refractivity contribution in [2.75, 3.05) is 6.61 Å². The molecule has 0 aromatic heterocycles. The molecule has 0 aliphatic rings. The Kier molecular flexibility index (Phi) is 5.65. The third kappa shape index (κ3) is 4.37. The van der Waals surface area contributed by atoms with Crippen molar-refractivity contribution >= 4 is 5.91 Å². The fraction of sp³-hybridized carbons (Fsp3) is 0.500. The highest BCUT2D eigenvalue weighted by Gasteiger charge is 2.18. The molecule has 0 aliphatic heterocycles. The first kappa shape index (κ1) is 14.5. The second-order valence-corrected chi connectivity index (χ2v) is 4.57. The van der Waals surface area contributed by atoms with Crippen molar-refractivity contribution < 1.29 is 9.53 Å². The van der Waals surface area contributed by atoms with E-state index in [0.29, 0.717) is 6.61 Å². The van der Waals surface area contributed by atoms with Gasteiger partial charge in [0.05, 0.1) is 6.61 Å². The van der Waals surface area contributed by atoms with Gasteiger partial charge in [-0.3, -0.25) is 10.1 Å². The molecular weight excluding hydrogens is 228 g/mol. The fourth-order valence-corrected chi connectivity index (χ4v) is 1.65. The van der Waals surface area contributed by atoms with Gasteiger partial charge in [-0.2, -0.15) is 0 Å². The first-order chi connectivity index (χ1) is 8.54. The first-order valence-corrected chi connectivity index (χ1v) is 6.32. The zero-order valence-corrected chi connectivity index (χ0v) is 11.3. The van der Waals surface area contributed by atoms with Crippen LogP contribution < -0.4 is 15.8 Å². The van der Waals surface area contributed by atoms with Crippen molar-refractivity contribution in [1.82, 2.24) is 5.32 Å². The van der Waals surface area contributed by atoms with Gasteiger partial charge in [-0.25, -0.2) is 0 Å². The second-order valence-electron chi connectivity index (χ2n) is 4.57. The summed E-state index contributed by atoms with van der Waals surface area (Å²) in [6.45, 7) is 6.72. The molecule has 4 nitrogen and oxygen atoms in total. The smallest absolute Gasteiger partial charge is 0.239 e. The lowest BCUT2D eigenvalue weighted by atomic mass is 10.1. The molecule has 1 rings (SSSR count). The van der Waals surface area contributed by atoms with Crippen LogP contribution in [0.1, 0.15) is 38.8 Å². The molecule has 0 radical (unpaired) electrons. The summed E-state index contributed by atoms with van der Waals surface area (Å²) in [4.78, 5) is 11.4. The van der Waals surface area contributed by atoms with Crippen LogP contribution >= 0.6 is 0 Å². The van der Waals surface area contributed by atoms with E-state index in [1.54, 1.807) is 0 Å². The number of primary amides is 1. The van der Waals surface area contributed by atoms with Gasteiger partial charge in [0.2, 0.25) is 5.91 Å². The summed E-state index contributed by atoms with van der Waals surface area (Å²) in [5.41, 5.74) is 6.26. The molecule has 0 heterocycles. The average molecular weight is 250 g/mol. The molecule has 0 spiro atoms. The number of carbonyl (C=O) groups is 1. The highest BCUT2D eigenvalue weighted by Crippen LogP contribution is 2.18. The van der Waals surface area contributed by atoms with Gasteiger partial charge in [0.1, 0.15) is 11.8 Å². The van der Waals surface area contributed by atoms with Gasteiger partial charge >= 0.3 is 0 Å². The lowest BCUT2D eigenvalue weighted by Gasteiger charge is -2.18.